The number of nitrogens with one attached hydrogen (secondary N) is 1. The molecule has 0 spiro atoms. The van der Waals surface area contributed by atoms with E-state index in [9.17, 15) is 4.79 Å². The van der Waals surface area contributed by atoms with Crippen LogP contribution in [0.4, 0.5) is 0 Å². The van der Waals surface area contributed by atoms with Crippen molar-refractivity contribution in [3.8, 4) is 17.2 Å². The first-order valence-corrected chi connectivity index (χ1v) is 8.10. The lowest BCUT2D eigenvalue weighted by Crippen LogP contribution is -2.28. The number of halogens is 1. The van der Waals surface area contributed by atoms with Crippen LogP contribution in [0.2, 0.25) is 5.02 Å². The molecule has 0 unspecified atom stereocenters. The fourth-order valence-corrected chi connectivity index (χ4v) is 2.18. The summed E-state index contributed by atoms with van der Waals surface area (Å²) in [6, 6.07) is 11.9. The summed E-state index contributed by atoms with van der Waals surface area (Å²) in [4.78, 5) is 12.2. The molecule has 0 saturated heterocycles. The van der Waals surface area contributed by atoms with E-state index in [0.717, 1.165) is 0 Å². The van der Waals surface area contributed by atoms with Gasteiger partial charge in [0, 0.05) is 10.6 Å². The molecule has 0 atom stereocenters. The standard InChI is InChI=1S/C18H20ClNO5/c1-23-16-7-2-13(12-17(16)25-11-9-21)18(22)20-8-10-24-15-5-3-14(19)4-6-15/h2-7,12,21H,8-11H2,1H3,(H,20,22). The van der Waals surface area contributed by atoms with Gasteiger partial charge in [-0.3, -0.25) is 4.79 Å². The number of carbonyl (C=O) groups excluding carboxylic acids is 1. The number of rotatable bonds is 9. The van der Waals surface area contributed by atoms with Gasteiger partial charge in [-0.2, -0.15) is 0 Å². The largest absolute Gasteiger partial charge is 0.493 e. The zero-order valence-corrected chi connectivity index (χ0v) is 14.6. The highest BCUT2D eigenvalue weighted by molar-refractivity contribution is 6.30. The number of aliphatic hydroxyl groups is 1. The smallest absolute Gasteiger partial charge is 0.251 e. The number of aliphatic hydroxyl groups excluding tert-OH is 1. The first-order valence-electron chi connectivity index (χ1n) is 7.72. The van der Waals surface area contributed by atoms with Crippen molar-refractivity contribution in [2.75, 3.05) is 33.5 Å². The maximum atomic E-state index is 12.2. The van der Waals surface area contributed by atoms with Gasteiger partial charge in [0.25, 0.3) is 5.91 Å². The Balaban J connectivity index is 1.86. The van der Waals surface area contributed by atoms with Gasteiger partial charge in [0.05, 0.1) is 20.3 Å². The van der Waals surface area contributed by atoms with E-state index in [2.05, 4.69) is 5.32 Å². The van der Waals surface area contributed by atoms with Gasteiger partial charge in [0.15, 0.2) is 11.5 Å². The Morgan fingerprint density at radius 1 is 1.08 bits per heavy atom. The van der Waals surface area contributed by atoms with Crippen LogP contribution in [0.25, 0.3) is 0 Å². The van der Waals surface area contributed by atoms with Crippen molar-refractivity contribution in [2.24, 2.45) is 0 Å². The van der Waals surface area contributed by atoms with Crippen LogP contribution in [0.15, 0.2) is 42.5 Å². The molecule has 2 N–H and O–H groups in total. The van der Waals surface area contributed by atoms with Gasteiger partial charge in [0.1, 0.15) is 19.0 Å². The first-order chi connectivity index (χ1) is 12.1. The molecule has 0 aliphatic rings. The van der Waals surface area contributed by atoms with Crippen molar-refractivity contribution >= 4 is 17.5 Å². The summed E-state index contributed by atoms with van der Waals surface area (Å²) in [5, 5.41) is 12.3. The van der Waals surface area contributed by atoms with Crippen molar-refractivity contribution in [2.45, 2.75) is 0 Å². The fraction of sp³-hybridized carbons (Fsp3) is 0.278. The summed E-state index contributed by atoms with van der Waals surface area (Å²) < 4.78 is 16.1. The van der Waals surface area contributed by atoms with E-state index in [1.54, 1.807) is 42.5 Å². The van der Waals surface area contributed by atoms with E-state index in [4.69, 9.17) is 30.9 Å². The number of carbonyl (C=O) groups is 1. The van der Waals surface area contributed by atoms with Crippen LogP contribution in [0, 0.1) is 0 Å². The topological polar surface area (TPSA) is 77.0 Å². The van der Waals surface area contributed by atoms with Gasteiger partial charge >= 0.3 is 0 Å². The van der Waals surface area contributed by atoms with Gasteiger partial charge < -0.3 is 24.6 Å². The summed E-state index contributed by atoms with van der Waals surface area (Å²) in [5.41, 5.74) is 0.431. The number of amides is 1. The molecule has 0 aliphatic heterocycles. The van der Waals surface area contributed by atoms with E-state index in [0.29, 0.717) is 41.0 Å². The minimum atomic E-state index is -0.254. The Morgan fingerprint density at radius 2 is 1.84 bits per heavy atom. The summed E-state index contributed by atoms with van der Waals surface area (Å²) in [5.74, 6) is 1.33. The molecule has 2 rings (SSSR count). The normalized spacial score (nSPS) is 10.2. The van der Waals surface area contributed by atoms with Gasteiger partial charge in [-0.25, -0.2) is 0 Å². The van der Waals surface area contributed by atoms with Crippen molar-refractivity contribution in [1.29, 1.82) is 0 Å². The van der Waals surface area contributed by atoms with Crippen LogP contribution in [0.1, 0.15) is 10.4 Å². The molecule has 0 saturated carbocycles. The van der Waals surface area contributed by atoms with Crippen molar-refractivity contribution in [3.05, 3.63) is 53.1 Å². The van der Waals surface area contributed by atoms with Crippen LogP contribution in [0.5, 0.6) is 17.2 Å². The monoisotopic (exact) mass is 365 g/mol. The molecule has 25 heavy (non-hydrogen) atoms. The summed E-state index contributed by atoms with van der Waals surface area (Å²) in [7, 11) is 1.51. The molecule has 0 heterocycles. The highest BCUT2D eigenvalue weighted by Gasteiger charge is 2.11. The Morgan fingerprint density at radius 3 is 2.52 bits per heavy atom. The highest BCUT2D eigenvalue weighted by atomic mass is 35.5. The average molecular weight is 366 g/mol. The van der Waals surface area contributed by atoms with Gasteiger partial charge in [0.2, 0.25) is 0 Å². The van der Waals surface area contributed by atoms with Crippen LogP contribution < -0.4 is 19.5 Å². The lowest BCUT2D eigenvalue weighted by molar-refractivity contribution is 0.0946. The quantitative estimate of drug-likeness (QED) is 0.668. The summed E-state index contributed by atoms with van der Waals surface area (Å²) in [6.45, 7) is 0.676. The van der Waals surface area contributed by atoms with Crippen molar-refractivity contribution in [1.82, 2.24) is 5.32 Å². The zero-order chi connectivity index (χ0) is 18.1. The predicted molar refractivity (Wildman–Crippen MR) is 94.9 cm³/mol. The molecule has 134 valence electrons. The van der Waals surface area contributed by atoms with Crippen LogP contribution in [-0.2, 0) is 0 Å². The van der Waals surface area contributed by atoms with E-state index < -0.39 is 0 Å². The highest BCUT2D eigenvalue weighted by Crippen LogP contribution is 2.28. The molecule has 2 aromatic rings. The number of ether oxygens (including phenoxy) is 3. The molecule has 6 nitrogen and oxygen atoms in total. The maximum absolute atomic E-state index is 12.2. The molecule has 1 amide bonds. The molecule has 0 fully saturated rings. The fourth-order valence-electron chi connectivity index (χ4n) is 2.05. The minimum Gasteiger partial charge on any atom is -0.493 e. The average Bonchev–Trinajstić information content (AvgIpc) is 2.64. The molecule has 0 aliphatic carbocycles. The minimum absolute atomic E-state index is 0.121. The molecular formula is C18H20ClNO5. The third-order valence-electron chi connectivity index (χ3n) is 3.24. The van der Waals surface area contributed by atoms with E-state index >= 15 is 0 Å². The van der Waals surface area contributed by atoms with E-state index in [1.165, 1.54) is 7.11 Å². The van der Waals surface area contributed by atoms with Crippen molar-refractivity contribution in [3.63, 3.8) is 0 Å². The molecule has 2 aromatic carbocycles. The van der Waals surface area contributed by atoms with Gasteiger partial charge in [-0.1, -0.05) is 11.6 Å². The molecule has 7 heteroatoms. The van der Waals surface area contributed by atoms with Crippen LogP contribution in [0.3, 0.4) is 0 Å². The lowest BCUT2D eigenvalue weighted by Gasteiger charge is -2.12. The third-order valence-corrected chi connectivity index (χ3v) is 3.50. The second-order valence-electron chi connectivity index (χ2n) is 5.00. The zero-order valence-electron chi connectivity index (χ0n) is 13.8. The van der Waals surface area contributed by atoms with Crippen LogP contribution in [-0.4, -0.2) is 44.5 Å². The molecule has 0 bridgehead atoms. The summed E-state index contributed by atoms with van der Waals surface area (Å²) in [6.07, 6.45) is 0. The second-order valence-corrected chi connectivity index (χ2v) is 5.43. The van der Waals surface area contributed by atoms with Crippen LogP contribution >= 0.6 is 11.6 Å². The molecule has 0 radical (unpaired) electrons. The number of hydrogen-bond acceptors (Lipinski definition) is 5. The Bertz CT molecular complexity index is 690. The van der Waals surface area contributed by atoms with Crippen molar-refractivity contribution < 1.29 is 24.1 Å². The Kier molecular flexibility index (Phi) is 7.37. The number of benzene rings is 2. The lowest BCUT2D eigenvalue weighted by atomic mass is 10.2. The number of methoxy groups -OCH3 is 1. The second kappa shape index (κ2) is 9.76. The van der Waals surface area contributed by atoms with E-state index in [1.807, 2.05) is 0 Å². The number of hydrogen-bond donors (Lipinski definition) is 2. The first kappa shape index (κ1) is 18.9. The molecular weight excluding hydrogens is 346 g/mol. The van der Waals surface area contributed by atoms with E-state index in [-0.39, 0.29) is 19.1 Å². The Hall–Kier alpha value is -2.44. The maximum Gasteiger partial charge on any atom is 0.251 e. The SMILES string of the molecule is COc1ccc(C(=O)NCCOc2ccc(Cl)cc2)cc1OCCO. The predicted octanol–water partition coefficient (Wildman–Crippen LogP) is 2.53. The van der Waals surface area contributed by atoms with Gasteiger partial charge in [-0.15, -0.1) is 0 Å². The third kappa shape index (κ3) is 5.85. The van der Waals surface area contributed by atoms with Gasteiger partial charge in [-0.05, 0) is 42.5 Å². The molecule has 0 aromatic heterocycles. The summed E-state index contributed by atoms with van der Waals surface area (Å²) >= 11 is 5.80. The Labute approximate surface area is 151 Å².